The van der Waals surface area contributed by atoms with Gasteiger partial charge in [-0.2, -0.15) is 0 Å². The molecule has 0 aromatic rings. The van der Waals surface area contributed by atoms with E-state index in [9.17, 15) is 0 Å². The van der Waals surface area contributed by atoms with Crippen molar-refractivity contribution in [2.45, 2.75) is 44.9 Å². The molecule has 0 heteroatoms. The van der Waals surface area contributed by atoms with Crippen LogP contribution in [0.4, 0.5) is 0 Å². The SMILES string of the molecule is C1=C\CCC/C=C/CCC/C=C\C/1. The van der Waals surface area contributed by atoms with Crippen LogP contribution < -0.4 is 0 Å². The second-order valence-electron chi connectivity index (χ2n) is 3.51. The Hall–Kier alpha value is -0.780. The van der Waals surface area contributed by atoms with Crippen LogP contribution in [-0.2, 0) is 0 Å². The van der Waals surface area contributed by atoms with Crippen molar-refractivity contribution in [3.63, 3.8) is 0 Å². The molecule has 1 aliphatic carbocycles. The molecule has 0 aromatic carbocycles. The first-order valence-corrected chi connectivity index (χ1v) is 5.45. The van der Waals surface area contributed by atoms with E-state index in [2.05, 4.69) is 36.5 Å². The van der Waals surface area contributed by atoms with Crippen LogP contribution >= 0.6 is 0 Å². The maximum Gasteiger partial charge on any atom is -0.0169 e. The Kier molecular flexibility index (Phi) is 6.22. The summed E-state index contributed by atoms with van der Waals surface area (Å²) < 4.78 is 0. The van der Waals surface area contributed by atoms with Gasteiger partial charge in [0.1, 0.15) is 0 Å². The van der Waals surface area contributed by atoms with Crippen molar-refractivity contribution in [1.82, 2.24) is 0 Å². The molecule has 0 N–H and O–H groups in total. The molecule has 0 amide bonds. The number of hydrogen-bond donors (Lipinski definition) is 0. The molecule has 72 valence electrons. The molecule has 0 spiro atoms. The summed E-state index contributed by atoms with van der Waals surface area (Å²) in [4.78, 5) is 0. The fourth-order valence-electron chi connectivity index (χ4n) is 1.45. The normalized spacial score (nSPS) is 27.7. The van der Waals surface area contributed by atoms with Crippen molar-refractivity contribution in [2.24, 2.45) is 0 Å². The minimum absolute atomic E-state index is 1.12. The van der Waals surface area contributed by atoms with E-state index >= 15 is 0 Å². The molecule has 0 saturated heterocycles. The second kappa shape index (κ2) is 7.85. The molecule has 1 rings (SSSR count). The van der Waals surface area contributed by atoms with Gasteiger partial charge in [-0.3, -0.25) is 0 Å². The molecule has 0 fully saturated rings. The van der Waals surface area contributed by atoms with Gasteiger partial charge in [0.2, 0.25) is 0 Å². The summed E-state index contributed by atoms with van der Waals surface area (Å²) in [5.74, 6) is 0. The summed E-state index contributed by atoms with van der Waals surface area (Å²) in [6.45, 7) is 0. The van der Waals surface area contributed by atoms with Gasteiger partial charge in [0.15, 0.2) is 0 Å². The van der Waals surface area contributed by atoms with Crippen LogP contribution in [0.5, 0.6) is 0 Å². The Bertz CT molecular complexity index is 164. The number of rotatable bonds is 0. The van der Waals surface area contributed by atoms with E-state index in [4.69, 9.17) is 0 Å². The third kappa shape index (κ3) is 6.39. The lowest BCUT2D eigenvalue weighted by Gasteiger charge is -1.90. The Morgan fingerprint density at radius 3 is 1.31 bits per heavy atom. The molecule has 1 aliphatic rings. The van der Waals surface area contributed by atoms with Gasteiger partial charge in [-0.15, -0.1) is 0 Å². The summed E-state index contributed by atoms with van der Waals surface area (Å²) in [7, 11) is 0. The van der Waals surface area contributed by atoms with Crippen molar-refractivity contribution >= 4 is 0 Å². The van der Waals surface area contributed by atoms with Crippen LogP contribution in [-0.4, -0.2) is 0 Å². The van der Waals surface area contributed by atoms with Crippen LogP contribution in [0.3, 0.4) is 0 Å². The highest BCUT2D eigenvalue weighted by Gasteiger charge is 1.84. The smallest absolute Gasteiger partial charge is 0.0169 e. The first kappa shape index (κ1) is 10.3. The predicted molar refractivity (Wildman–Crippen MR) is 59.7 cm³/mol. The van der Waals surface area contributed by atoms with Gasteiger partial charge in [-0.1, -0.05) is 36.5 Å². The lowest BCUT2D eigenvalue weighted by molar-refractivity contribution is 0.842. The van der Waals surface area contributed by atoms with E-state index < -0.39 is 0 Å². The molecule has 0 aliphatic heterocycles. The van der Waals surface area contributed by atoms with Gasteiger partial charge in [0.05, 0.1) is 0 Å². The Morgan fingerprint density at radius 2 is 0.846 bits per heavy atom. The number of allylic oxidation sites excluding steroid dienone is 6. The Labute approximate surface area is 82.0 Å². The van der Waals surface area contributed by atoms with Crippen LogP contribution in [0.25, 0.3) is 0 Å². The van der Waals surface area contributed by atoms with Crippen molar-refractivity contribution in [1.29, 1.82) is 0 Å². The zero-order valence-corrected chi connectivity index (χ0v) is 8.41. The van der Waals surface area contributed by atoms with E-state index in [-0.39, 0.29) is 0 Å². The highest BCUT2D eigenvalue weighted by molar-refractivity contribution is 4.94. The first-order chi connectivity index (χ1) is 6.50. The van der Waals surface area contributed by atoms with E-state index in [1.807, 2.05) is 0 Å². The fraction of sp³-hybridized carbons (Fsp3) is 0.538. The molecule has 0 nitrogen and oxygen atoms in total. The largest absolute Gasteiger partial charge is 0.0885 e. The maximum absolute atomic E-state index is 2.33. The Morgan fingerprint density at radius 1 is 0.462 bits per heavy atom. The van der Waals surface area contributed by atoms with Gasteiger partial charge in [-0.25, -0.2) is 0 Å². The fourth-order valence-corrected chi connectivity index (χ4v) is 1.45. The first-order valence-electron chi connectivity index (χ1n) is 5.45. The zero-order chi connectivity index (χ0) is 9.19. The van der Waals surface area contributed by atoms with Gasteiger partial charge in [0.25, 0.3) is 0 Å². The summed E-state index contributed by atoms with van der Waals surface area (Å²) >= 11 is 0. The standard InChI is InChI=1S/C13H20/c1-2-4-6-8-10-12-13-11-9-7-5-3-1/h1-2,5,7,10,12H,3-4,6,8-9,11,13H2/b2-1-,7-5-,12-10+. The van der Waals surface area contributed by atoms with E-state index in [0.29, 0.717) is 0 Å². The van der Waals surface area contributed by atoms with Gasteiger partial charge >= 0.3 is 0 Å². The molecule has 0 unspecified atom stereocenters. The highest BCUT2D eigenvalue weighted by Crippen LogP contribution is 2.04. The van der Waals surface area contributed by atoms with Crippen molar-refractivity contribution < 1.29 is 0 Å². The lowest BCUT2D eigenvalue weighted by atomic mass is 10.2. The molecular weight excluding hydrogens is 156 g/mol. The average Bonchev–Trinajstić information content (AvgIpc) is 2.18. The molecule has 0 heterocycles. The molecule has 0 atom stereocenters. The van der Waals surface area contributed by atoms with Gasteiger partial charge < -0.3 is 0 Å². The van der Waals surface area contributed by atoms with E-state index in [1.165, 1.54) is 38.5 Å². The second-order valence-corrected chi connectivity index (χ2v) is 3.51. The van der Waals surface area contributed by atoms with Crippen LogP contribution in [0.2, 0.25) is 0 Å². The monoisotopic (exact) mass is 176 g/mol. The van der Waals surface area contributed by atoms with Crippen molar-refractivity contribution in [2.75, 3.05) is 0 Å². The van der Waals surface area contributed by atoms with Gasteiger partial charge in [-0.05, 0) is 44.9 Å². The van der Waals surface area contributed by atoms with Crippen LogP contribution in [0.15, 0.2) is 36.5 Å². The molecule has 13 heavy (non-hydrogen) atoms. The van der Waals surface area contributed by atoms with Crippen LogP contribution in [0.1, 0.15) is 44.9 Å². The summed E-state index contributed by atoms with van der Waals surface area (Å²) in [6, 6.07) is 0. The van der Waals surface area contributed by atoms with Crippen molar-refractivity contribution in [3.8, 4) is 0 Å². The quantitative estimate of drug-likeness (QED) is 0.480. The maximum atomic E-state index is 2.33. The minimum Gasteiger partial charge on any atom is -0.0885 e. The third-order valence-electron chi connectivity index (χ3n) is 2.26. The molecule has 0 saturated carbocycles. The molecule has 0 aromatic heterocycles. The molecule has 0 bridgehead atoms. The topological polar surface area (TPSA) is 0 Å². The summed E-state index contributed by atoms with van der Waals surface area (Å²) in [5.41, 5.74) is 0. The van der Waals surface area contributed by atoms with Crippen molar-refractivity contribution in [3.05, 3.63) is 36.5 Å². The highest BCUT2D eigenvalue weighted by atomic mass is 13.9. The lowest BCUT2D eigenvalue weighted by Crippen LogP contribution is -1.70. The Balaban J connectivity index is 2.27. The van der Waals surface area contributed by atoms with Crippen LogP contribution in [0, 0.1) is 0 Å². The number of hydrogen-bond acceptors (Lipinski definition) is 0. The zero-order valence-electron chi connectivity index (χ0n) is 8.41. The van der Waals surface area contributed by atoms with E-state index in [1.54, 1.807) is 0 Å². The molecular formula is C13H20. The average molecular weight is 176 g/mol. The van der Waals surface area contributed by atoms with E-state index in [0.717, 1.165) is 6.42 Å². The summed E-state index contributed by atoms with van der Waals surface area (Å²) in [6.07, 6.45) is 22.5. The predicted octanol–water partition coefficient (Wildman–Crippen LogP) is 4.40. The van der Waals surface area contributed by atoms with Gasteiger partial charge in [0, 0.05) is 0 Å². The molecule has 0 radical (unpaired) electrons. The minimum atomic E-state index is 1.12. The third-order valence-corrected chi connectivity index (χ3v) is 2.26. The summed E-state index contributed by atoms with van der Waals surface area (Å²) in [5, 5.41) is 0.